The average molecular weight is 477 g/mol. The molecule has 2 aromatic rings. The number of rotatable bonds is 4. The highest BCUT2D eigenvalue weighted by atomic mass is 35.5. The van der Waals surface area contributed by atoms with Gasteiger partial charge in [-0.15, -0.1) is 0 Å². The Hall–Kier alpha value is -2.14. The smallest absolute Gasteiger partial charge is 0.373 e. The maximum Gasteiger partial charge on any atom is 0.416 e. The summed E-state index contributed by atoms with van der Waals surface area (Å²) in [7, 11) is -3.76. The van der Waals surface area contributed by atoms with E-state index < -0.39 is 27.7 Å². The molecule has 1 aliphatic rings. The van der Waals surface area contributed by atoms with Crippen molar-refractivity contribution < 1.29 is 31.1 Å². The minimum Gasteiger partial charge on any atom is -0.373 e. The zero-order valence-corrected chi connectivity index (χ0v) is 18.2. The van der Waals surface area contributed by atoms with Crippen LogP contribution in [0.4, 0.5) is 18.9 Å². The van der Waals surface area contributed by atoms with Crippen molar-refractivity contribution in [1.29, 1.82) is 0 Å². The van der Waals surface area contributed by atoms with Gasteiger partial charge in [0.15, 0.2) is 0 Å². The van der Waals surface area contributed by atoms with E-state index in [0.29, 0.717) is 0 Å². The molecule has 1 aliphatic heterocycles. The molecule has 0 saturated carbocycles. The van der Waals surface area contributed by atoms with Crippen LogP contribution in [0.5, 0.6) is 0 Å². The van der Waals surface area contributed by atoms with Crippen LogP contribution in [0.1, 0.15) is 29.8 Å². The van der Waals surface area contributed by atoms with Crippen molar-refractivity contribution in [3.05, 3.63) is 58.6 Å². The first-order valence-electron chi connectivity index (χ1n) is 9.31. The quantitative estimate of drug-likeness (QED) is 0.709. The van der Waals surface area contributed by atoms with Crippen LogP contribution in [-0.2, 0) is 20.9 Å². The summed E-state index contributed by atoms with van der Waals surface area (Å²) >= 11 is 5.85. The number of hydrogen-bond acceptors (Lipinski definition) is 4. The van der Waals surface area contributed by atoms with E-state index in [9.17, 15) is 26.4 Å². The highest BCUT2D eigenvalue weighted by Crippen LogP contribution is 2.34. The van der Waals surface area contributed by atoms with Gasteiger partial charge in [-0.3, -0.25) is 4.79 Å². The molecule has 1 fully saturated rings. The highest BCUT2D eigenvalue weighted by molar-refractivity contribution is 7.89. The summed E-state index contributed by atoms with van der Waals surface area (Å²) in [4.78, 5) is 12.5. The molecule has 2 atom stereocenters. The fourth-order valence-corrected chi connectivity index (χ4v) is 5.06. The molecule has 1 amide bonds. The Kier molecular flexibility index (Phi) is 6.66. The number of sulfonamides is 1. The highest BCUT2D eigenvalue weighted by Gasteiger charge is 2.33. The number of ether oxygens (including phenoxy) is 1. The molecule has 6 nitrogen and oxygen atoms in total. The first-order valence-corrected chi connectivity index (χ1v) is 11.1. The predicted octanol–water partition coefficient (Wildman–Crippen LogP) is 4.41. The first kappa shape index (κ1) is 23.5. The van der Waals surface area contributed by atoms with E-state index in [4.69, 9.17) is 16.3 Å². The molecule has 3 rings (SSSR count). The summed E-state index contributed by atoms with van der Waals surface area (Å²) in [5, 5.41) is 2.16. The van der Waals surface area contributed by atoms with E-state index >= 15 is 0 Å². The number of hydrogen-bond donors (Lipinski definition) is 1. The van der Waals surface area contributed by atoms with Crippen molar-refractivity contribution in [2.75, 3.05) is 18.4 Å². The van der Waals surface area contributed by atoms with E-state index in [-0.39, 0.29) is 46.5 Å². The molecule has 1 N–H and O–H groups in total. The van der Waals surface area contributed by atoms with Crippen molar-refractivity contribution in [3.8, 4) is 0 Å². The van der Waals surface area contributed by atoms with Gasteiger partial charge in [-0.05, 0) is 56.3 Å². The van der Waals surface area contributed by atoms with Gasteiger partial charge in [0, 0.05) is 18.7 Å². The third kappa shape index (κ3) is 5.38. The zero-order valence-electron chi connectivity index (χ0n) is 16.6. The number of benzene rings is 2. The number of amides is 1. The fraction of sp³-hybridized carbons (Fsp3) is 0.350. The van der Waals surface area contributed by atoms with Crippen LogP contribution < -0.4 is 5.32 Å². The maximum absolute atomic E-state index is 12.9. The van der Waals surface area contributed by atoms with E-state index in [1.807, 2.05) is 0 Å². The van der Waals surface area contributed by atoms with Gasteiger partial charge in [-0.2, -0.15) is 17.5 Å². The number of alkyl halides is 3. The van der Waals surface area contributed by atoms with Crippen LogP contribution in [0.15, 0.2) is 47.4 Å². The van der Waals surface area contributed by atoms with Crippen molar-refractivity contribution in [2.24, 2.45) is 0 Å². The normalized spacial score (nSPS) is 20.5. The molecule has 31 heavy (non-hydrogen) atoms. The molecular weight excluding hydrogens is 457 g/mol. The average Bonchev–Trinajstić information content (AvgIpc) is 2.68. The monoisotopic (exact) mass is 476 g/mol. The number of anilines is 1. The summed E-state index contributed by atoms with van der Waals surface area (Å²) in [5.41, 5.74) is -0.803. The Bertz CT molecular complexity index is 1060. The van der Waals surface area contributed by atoms with Gasteiger partial charge < -0.3 is 10.1 Å². The van der Waals surface area contributed by atoms with Gasteiger partial charge in [0.25, 0.3) is 5.91 Å². The van der Waals surface area contributed by atoms with E-state index in [0.717, 1.165) is 18.2 Å². The molecule has 0 radical (unpaired) electrons. The summed E-state index contributed by atoms with van der Waals surface area (Å²) in [6.45, 7) is 4.03. The van der Waals surface area contributed by atoms with Crippen LogP contribution in [-0.4, -0.2) is 43.9 Å². The van der Waals surface area contributed by atoms with Crippen LogP contribution in [0.3, 0.4) is 0 Å². The van der Waals surface area contributed by atoms with Gasteiger partial charge in [0.05, 0.1) is 33.4 Å². The maximum atomic E-state index is 12.9. The minimum absolute atomic E-state index is 0.00709. The molecule has 2 unspecified atom stereocenters. The summed E-state index contributed by atoms with van der Waals surface area (Å²) < 4.78 is 70.8. The van der Waals surface area contributed by atoms with Gasteiger partial charge >= 0.3 is 6.18 Å². The third-order valence-corrected chi connectivity index (χ3v) is 6.84. The van der Waals surface area contributed by atoms with Gasteiger partial charge in [0.1, 0.15) is 0 Å². The SMILES string of the molecule is CC1CN(S(=O)(=O)c2ccc(C(=O)Nc3ccc(C(F)(F)F)cc3Cl)cc2)CC(C)O1. The van der Waals surface area contributed by atoms with E-state index in [2.05, 4.69) is 5.32 Å². The van der Waals surface area contributed by atoms with Crippen molar-refractivity contribution in [3.63, 3.8) is 0 Å². The first-order chi connectivity index (χ1) is 14.4. The Morgan fingerprint density at radius 3 is 2.19 bits per heavy atom. The molecule has 1 heterocycles. The second-order valence-corrected chi connectivity index (χ2v) is 9.60. The van der Waals surface area contributed by atoms with E-state index in [1.165, 1.54) is 28.6 Å². The molecule has 0 aromatic heterocycles. The van der Waals surface area contributed by atoms with Gasteiger partial charge in [0.2, 0.25) is 10.0 Å². The molecule has 168 valence electrons. The molecule has 2 aromatic carbocycles. The number of nitrogens with zero attached hydrogens (tertiary/aromatic N) is 1. The number of carbonyl (C=O) groups excluding carboxylic acids is 1. The molecular formula is C20H20ClF3N2O4S. The van der Waals surface area contributed by atoms with E-state index in [1.54, 1.807) is 13.8 Å². The van der Waals surface area contributed by atoms with Crippen LogP contribution in [0.2, 0.25) is 5.02 Å². The Morgan fingerprint density at radius 1 is 1.10 bits per heavy atom. The van der Waals surface area contributed by atoms with Crippen LogP contribution >= 0.6 is 11.6 Å². The van der Waals surface area contributed by atoms with Crippen molar-refractivity contribution >= 4 is 33.2 Å². The number of carbonyl (C=O) groups is 1. The standard InChI is InChI=1S/C20H20ClF3N2O4S/c1-12-10-26(11-13(2)30-12)31(28,29)16-6-3-14(4-7-16)19(27)25-18-8-5-15(9-17(18)21)20(22,23)24/h3-9,12-13H,10-11H2,1-2H3,(H,25,27). The fourth-order valence-electron chi connectivity index (χ4n) is 3.24. The summed E-state index contributed by atoms with van der Waals surface area (Å²) in [6, 6.07) is 7.86. The predicted molar refractivity (Wildman–Crippen MR) is 110 cm³/mol. The summed E-state index contributed by atoms with van der Waals surface area (Å²) in [5.74, 6) is -0.640. The lowest BCUT2D eigenvalue weighted by Crippen LogP contribution is -2.48. The van der Waals surface area contributed by atoms with Gasteiger partial charge in [-0.25, -0.2) is 8.42 Å². The molecule has 0 aliphatic carbocycles. The van der Waals surface area contributed by atoms with Crippen LogP contribution in [0.25, 0.3) is 0 Å². The molecule has 0 spiro atoms. The lowest BCUT2D eigenvalue weighted by Gasteiger charge is -2.34. The second kappa shape index (κ2) is 8.78. The number of morpholine rings is 1. The minimum atomic E-state index is -4.55. The largest absolute Gasteiger partial charge is 0.416 e. The lowest BCUT2D eigenvalue weighted by atomic mass is 10.1. The number of nitrogens with one attached hydrogen (secondary N) is 1. The third-order valence-electron chi connectivity index (χ3n) is 4.69. The zero-order chi connectivity index (χ0) is 23.0. The topological polar surface area (TPSA) is 75.7 Å². The molecule has 11 heteroatoms. The Morgan fingerprint density at radius 2 is 1.68 bits per heavy atom. The van der Waals surface area contributed by atoms with Crippen LogP contribution in [0, 0.1) is 0 Å². The Balaban J connectivity index is 1.75. The number of halogens is 4. The Labute approximate surface area is 183 Å². The molecule has 1 saturated heterocycles. The summed E-state index contributed by atoms with van der Waals surface area (Å²) in [6.07, 6.45) is -5.03. The lowest BCUT2D eigenvalue weighted by molar-refractivity contribution is -0.137. The van der Waals surface area contributed by atoms with Crippen molar-refractivity contribution in [1.82, 2.24) is 4.31 Å². The molecule has 0 bridgehead atoms. The van der Waals surface area contributed by atoms with Crippen molar-refractivity contribution in [2.45, 2.75) is 37.1 Å². The second-order valence-electron chi connectivity index (χ2n) is 7.25. The van der Waals surface area contributed by atoms with Gasteiger partial charge in [-0.1, -0.05) is 11.6 Å².